The Labute approximate surface area is 113 Å². The van der Waals surface area contributed by atoms with E-state index in [0.29, 0.717) is 11.1 Å². The van der Waals surface area contributed by atoms with Crippen LogP contribution in [0.1, 0.15) is 19.8 Å². The maximum atomic E-state index is 6.21. The summed E-state index contributed by atoms with van der Waals surface area (Å²) >= 11 is 6.21. The number of nitrogens with zero attached hydrogens (tertiary/aromatic N) is 4. The van der Waals surface area contributed by atoms with Gasteiger partial charge in [-0.25, -0.2) is 4.98 Å². The molecule has 1 aliphatic rings. The van der Waals surface area contributed by atoms with Crippen LogP contribution >= 0.6 is 11.6 Å². The molecule has 1 atom stereocenters. The molecule has 0 saturated carbocycles. The second-order valence-electron chi connectivity index (χ2n) is 4.77. The Morgan fingerprint density at radius 3 is 3.00 bits per heavy atom. The summed E-state index contributed by atoms with van der Waals surface area (Å²) in [7, 11) is 2.15. The Balaban J connectivity index is 2.31. The van der Waals surface area contributed by atoms with Gasteiger partial charge in [-0.3, -0.25) is 0 Å². The lowest BCUT2D eigenvalue weighted by atomic mass is 10.2. The Hall–Kier alpha value is -1.07. The number of anilines is 2. The number of hydrogen-bond acceptors (Lipinski definition) is 5. The van der Waals surface area contributed by atoms with Crippen molar-refractivity contribution in [3.63, 3.8) is 0 Å². The fourth-order valence-corrected chi connectivity index (χ4v) is 2.64. The molecule has 2 N–H and O–H groups in total. The first-order valence-electron chi connectivity index (χ1n) is 6.35. The third-order valence-corrected chi connectivity index (χ3v) is 3.66. The number of likely N-dealkylation sites (N-methyl/N-ethyl adjacent to an activating group) is 1. The van der Waals surface area contributed by atoms with Crippen molar-refractivity contribution in [3.8, 4) is 0 Å². The van der Waals surface area contributed by atoms with Crippen LogP contribution in [0.2, 0.25) is 5.02 Å². The van der Waals surface area contributed by atoms with E-state index in [0.717, 1.165) is 38.3 Å². The molecule has 1 aliphatic heterocycles. The third-order valence-electron chi connectivity index (χ3n) is 3.39. The topological polar surface area (TPSA) is 58.3 Å². The first-order chi connectivity index (χ1) is 8.61. The normalized spacial score (nSPS) is 21.9. The summed E-state index contributed by atoms with van der Waals surface area (Å²) in [5.41, 5.74) is 5.67. The largest absolute Gasteiger partial charge is 0.368 e. The molecule has 1 aromatic rings. The maximum absolute atomic E-state index is 6.21. The van der Waals surface area contributed by atoms with Crippen molar-refractivity contribution in [2.45, 2.75) is 25.8 Å². The smallest absolute Gasteiger partial charge is 0.222 e. The van der Waals surface area contributed by atoms with E-state index in [1.807, 2.05) is 0 Å². The van der Waals surface area contributed by atoms with Gasteiger partial charge in [0.25, 0.3) is 0 Å². The molecule has 1 saturated heterocycles. The van der Waals surface area contributed by atoms with Gasteiger partial charge in [-0.2, -0.15) is 4.98 Å². The van der Waals surface area contributed by atoms with E-state index < -0.39 is 0 Å². The Morgan fingerprint density at radius 1 is 1.50 bits per heavy atom. The van der Waals surface area contributed by atoms with Gasteiger partial charge < -0.3 is 15.5 Å². The zero-order valence-electron chi connectivity index (χ0n) is 10.9. The summed E-state index contributed by atoms with van der Waals surface area (Å²) in [6, 6.07) is 0.421. The second kappa shape index (κ2) is 5.71. The number of rotatable bonds is 2. The van der Waals surface area contributed by atoms with Crippen LogP contribution in [-0.2, 0) is 0 Å². The summed E-state index contributed by atoms with van der Waals surface area (Å²) in [6.45, 7) is 5.27. The van der Waals surface area contributed by atoms with Gasteiger partial charge in [-0.1, -0.05) is 18.5 Å². The molecule has 1 fully saturated rings. The van der Waals surface area contributed by atoms with E-state index in [9.17, 15) is 0 Å². The predicted octanol–water partition coefficient (Wildman–Crippen LogP) is 1.63. The van der Waals surface area contributed by atoms with Crippen LogP contribution in [0.15, 0.2) is 6.20 Å². The van der Waals surface area contributed by atoms with Gasteiger partial charge in [0.15, 0.2) is 5.82 Å². The minimum Gasteiger partial charge on any atom is -0.368 e. The van der Waals surface area contributed by atoms with E-state index in [-0.39, 0.29) is 5.95 Å². The fourth-order valence-electron chi connectivity index (χ4n) is 2.44. The van der Waals surface area contributed by atoms with Gasteiger partial charge in [-0.05, 0) is 26.4 Å². The average molecular weight is 270 g/mol. The van der Waals surface area contributed by atoms with E-state index in [1.165, 1.54) is 0 Å². The zero-order chi connectivity index (χ0) is 13.1. The van der Waals surface area contributed by atoms with Crippen molar-refractivity contribution in [1.82, 2.24) is 14.9 Å². The van der Waals surface area contributed by atoms with Crippen LogP contribution in [0.3, 0.4) is 0 Å². The second-order valence-corrected chi connectivity index (χ2v) is 5.18. The summed E-state index contributed by atoms with van der Waals surface area (Å²) in [5.74, 6) is 1.05. The van der Waals surface area contributed by atoms with Crippen molar-refractivity contribution in [2.24, 2.45) is 0 Å². The highest BCUT2D eigenvalue weighted by Crippen LogP contribution is 2.27. The van der Waals surface area contributed by atoms with Crippen molar-refractivity contribution in [2.75, 3.05) is 37.3 Å². The SMILES string of the molecule is CCC1CN(C)CCCN1c1nc(N)ncc1Cl. The number of nitrogens with two attached hydrogens (primary N) is 1. The molecule has 0 spiro atoms. The standard InChI is InChI=1S/C12H20ClN5/c1-3-9-8-17(2)5-4-6-18(9)11-10(13)7-15-12(14)16-11/h7,9H,3-6,8H2,1-2H3,(H2,14,15,16). The third kappa shape index (κ3) is 2.84. The van der Waals surface area contributed by atoms with E-state index in [4.69, 9.17) is 17.3 Å². The van der Waals surface area contributed by atoms with E-state index >= 15 is 0 Å². The number of halogens is 1. The molecule has 0 radical (unpaired) electrons. The molecule has 18 heavy (non-hydrogen) atoms. The lowest BCUT2D eigenvalue weighted by molar-refractivity contribution is 0.327. The number of aromatic nitrogens is 2. The minimum atomic E-state index is 0.279. The molecule has 6 heteroatoms. The number of hydrogen-bond donors (Lipinski definition) is 1. The molecule has 0 bridgehead atoms. The van der Waals surface area contributed by atoms with Crippen LogP contribution in [0.4, 0.5) is 11.8 Å². The van der Waals surface area contributed by atoms with E-state index in [2.05, 4.69) is 33.7 Å². The van der Waals surface area contributed by atoms with Crippen molar-refractivity contribution in [1.29, 1.82) is 0 Å². The molecule has 1 unspecified atom stereocenters. The van der Waals surface area contributed by atoms with Gasteiger partial charge in [0.2, 0.25) is 5.95 Å². The molecule has 0 aromatic carbocycles. The highest BCUT2D eigenvalue weighted by atomic mass is 35.5. The summed E-state index contributed by atoms with van der Waals surface area (Å²) < 4.78 is 0. The minimum absolute atomic E-state index is 0.279. The van der Waals surface area contributed by atoms with Gasteiger partial charge in [0.05, 0.1) is 6.20 Å². The van der Waals surface area contributed by atoms with Crippen LogP contribution < -0.4 is 10.6 Å². The number of nitrogen functional groups attached to an aromatic ring is 1. The maximum Gasteiger partial charge on any atom is 0.222 e. The molecule has 2 rings (SSSR count). The molecule has 5 nitrogen and oxygen atoms in total. The lowest BCUT2D eigenvalue weighted by Crippen LogP contribution is -2.40. The molecule has 1 aromatic heterocycles. The quantitative estimate of drug-likeness (QED) is 0.884. The first-order valence-corrected chi connectivity index (χ1v) is 6.72. The van der Waals surface area contributed by atoms with Crippen molar-refractivity contribution < 1.29 is 0 Å². The predicted molar refractivity (Wildman–Crippen MR) is 75.0 cm³/mol. The van der Waals surface area contributed by atoms with Crippen LogP contribution in [0.5, 0.6) is 0 Å². The molecular weight excluding hydrogens is 250 g/mol. The van der Waals surface area contributed by atoms with Crippen LogP contribution in [0.25, 0.3) is 0 Å². The van der Waals surface area contributed by atoms with Gasteiger partial charge in [0.1, 0.15) is 5.02 Å². The molecule has 2 heterocycles. The summed E-state index contributed by atoms with van der Waals surface area (Å²) in [5, 5.41) is 0.576. The Morgan fingerprint density at radius 2 is 2.28 bits per heavy atom. The molecule has 0 amide bonds. The van der Waals surface area contributed by atoms with Gasteiger partial charge in [-0.15, -0.1) is 0 Å². The molecule has 0 aliphatic carbocycles. The van der Waals surface area contributed by atoms with Crippen LogP contribution in [-0.4, -0.2) is 47.6 Å². The van der Waals surface area contributed by atoms with Crippen molar-refractivity contribution >= 4 is 23.4 Å². The fraction of sp³-hybridized carbons (Fsp3) is 0.667. The first kappa shape index (κ1) is 13.4. The van der Waals surface area contributed by atoms with Crippen LogP contribution in [0, 0.1) is 0 Å². The highest BCUT2D eigenvalue weighted by Gasteiger charge is 2.25. The summed E-state index contributed by atoms with van der Waals surface area (Å²) in [4.78, 5) is 12.8. The van der Waals surface area contributed by atoms with Gasteiger partial charge >= 0.3 is 0 Å². The summed E-state index contributed by atoms with van der Waals surface area (Å²) in [6.07, 6.45) is 3.75. The zero-order valence-corrected chi connectivity index (χ0v) is 11.7. The average Bonchev–Trinajstić information content (AvgIpc) is 2.53. The van der Waals surface area contributed by atoms with Crippen molar-refractivity contribution in [3.05, 3.63) is 11.2 Å². The highest BCUT2D eigenvalue weighted by molar-refractivity contribution is 6.32. The monoisotopic (exact) mass is 269 g/mol. The van der Waals surface area contributed by atoms with E-state index in [1.54, 1.807) is 6.20 Å². The molecule has 100 valence electrons. The Bertz CT molecular complexity index is 411. The molecular formula is C12H20ClN5. The Kier molecular flexibility index (Phi) is 4.24. The lowest BCUT2D eigenvalue weighted by Gasteiger charge is -2.31. The van der Waals surface area contributed by atoms with Gasteiger partial charge in [0, 0.05) is 19.1 Å².